The van der Waals surface area contributed by atoms with Crippen molar-refractivity contribution >= 4 is 18.3 Å². The number of carbonyl (C=O) groups excluding carboxylic acids is 1. The molecular formula is C14H22ClN3O. The Morgan fingerprint density at radius 3 is 2.68 bits per heavy atom. The maximum Gasteiger partial charge on any atom is 0.242 e. The molecule has 4 nitrogen and oxygen atoms in total. The molecular weight excluding hydrogens is 262 g/mol. The number of pyridine rings is 1. The Labute approximate surface area is 121 Å². The van der Waals surface area contributed by atoms with Crippen molar-refractivity contribution in [3.8, 4) is 0 Å². The van der Waals surface area contributed by atoms with Gasteiger partial charge in [0, 0.05) is 26.0 Å². The van der Waals surface area contributed by atoms with Gasteiger partial charge in [0.2, 0.25) is 5.91 Å². The topological polar surface area (TPSA) is 45.2 Å². The van der Waals surface area contributed by atoms with Crippen LogP contribution in [0.5, 0.6) is 0 Å². The SMILES string of the molecule is CN(C)C(=O)C1(CCCc2ccccn2)CCN1.Cl. The lowest BCUT2D eigenvalue weighted by atomic mass is 9.81. The van der Waals surface area contributed by atoms with Gasteiger partial charge in [-0.25, -0.2) is 0 Å². The molecule has 1 aromatic rings. The number of rotatable bonds is 5. The highest BCUT2D eigenvalue weighted by atomic mass is 35.5. The lowest BCUT2D eigenvalue weighted by molar-refractivity contribution is -0.139. The number of nitrogens with one attached hydrogen (secondary N) is 1. The standard InChI is InChI=1S/C14H21N3O.ClH/c1-17(2)13(18)14(9-11-16-14)8-5-7-12-6-3-4-10-15-12;/h3-4,6,10,16H,5,7-9,11H2,1-2H3;1H. The summed E-state index contributed by atoms with van der Waals surface area (Å²) in [6.45, 7) is 0.948. The molecule has 2 heterocycles. The zero-order valence-corrected chi connectivity index (χ0v) is 12.4. The first kappa shape index (κ1) is 15.9. The molecule has 1 aliphatic heterocycles. The fourth-order valence-corrected chi connectivity index (χ4v) is 2.47. The van der Waals surface area contributed by atoms with Gasteiger partial charge in [-0.3, -0.25) is 9.78 Å². The van der Waals surface area contributed by atoms with Crippen molar-refractivity contribution in [2.45, 2.75) is 31.2 Å². The first-order valence-corrected chi connectivity index (χ1v) is 6.51. The summed E-state index contributed by atoms with van der Waals surface area (Å²) in [4.78, 5) is 18.1. The van der Waals surface area contributed by atoms with E-state index in [1.165, 1.54) is 0 Å². The summed E-state index contributed by atoms with van der Waals surface area (Å²) in [5.41, 5.74) is 0.794. The molecule has 2 rings (SSSR count). The summed E-state index contributed by atoms with van der Waals surface area (Å²) in [6, 6.07) is 5.97. The smallest absolute Gasteiger partial charge is 0.242 e. The second-order valence-corrected chi connectivity index (χ2v) is 5.13. The summed E-state index contributed by atoms with van der Waals surface area (Å²) in [7, 11) is 3.64. The Kier molecular flexibility index (Phi) is 5.76. The minimum absolute atomic E-state index is 0. The van der Waals surface area contributed by atoms with Crippen LogP contribution >= 0.6 is 12.4 Å². The van der Waals surface area contributed by atoms with Crippen molar-refractivity contribution in [2.24, 2.45) is 0 Å². The number of aryl methyl sites for hydroxylation is 1. The maximum absolute atomic E-state index is 12.1. The highest BCUT2D eigenvalue weighted by Gasteiger charge is 2.43. The molecule has 0 spiro atoms. The normalized spacial score (nSPS) is 21.2. The predicted octanol–water partition coefficient (Wildman–Crippen LogP) is 1.65. The minimum Gasteiger partial charge on any atom is -0.347 e. The maximum atomic E-state index is 12.1. The number of aromatic nitrogens is 1. The molecule has 0 aromatic carbocycles. The number of carbonyl (C=O) groups is 1. The zero-order chi connectivity index (χ0) is 13.0. The van der Waals surface area contributed by atoms with Crippen LogP contribution in [0.1, 0.15) is 25.0 Å². The highest BCUT2D eigenvalue weighted by Crippen LogP contribution is 2.27. The summed E-state index contributed by atoms with van der Waals surface area (Å²) in [6.07, 6.45) is 5.58. The van der Waals surface area contributed by atoms with Crippen LogP contribution in [0.3, 0.4) is 0 Å². The first-order valence-electron chi connectivity index (χ1n) is 6.51. The third-order valence-corrected chi connectivity index (χ3v) is 3.59. The van der Waals surface area contributed by atoms with Crippen LogP contribution in [-0.2, 0) is 11.2 Å². The monoisotopic (exact) mass is 283 g/mol. The van der Waals surface area contributed by atoms with Gasteiger partial charge in [-0.1, -0.05) is 6.07 Å². The molecule has 1 aliphatic rings. The number of amides is 1. The van der Waals surface area contributed by atoms with Gasteiger partial charge in [-0.2, -0.15) is 0 Å². The predicted molar refractivity (Wildman–Crippen MR) is 78.5 cm³/mol. The third-order valence-electron chi connectivity index (χ3n) is 3.59. The molecule has 106 valence electrons. The van der Waals surface area contributed by atoms with E-state index in [4.69, 9.17) is 0 Å². The Balaban J connectivity index is 0.00000180. The van der Waals surface area contributed by atoms with Crippen LogP contribution in [0.25, 0.3) is 0 Å². The molecule has 1 amide bonds. The molecule has 1 atom stereocenters. The molecule has 0 saturated carbocycles. The molecule has 5 heteroatoms. The van der Waals surface area contributed by atoms with E-state index in [-0.39, 0.29) is 23.9 Å². The average Bonchev–Trinajstić information content (AvgIpc) is 2.33. The molecule has 19 heavy (non-hydrogen) atoms. The van der Waals surface area contributed by atoms with E-state index in [9.17, 15) is 4.79 Å². The largest absolute Gasteiger partial charge is 0.347 e. The number of likely N-dealkylation sites (N-methyl/N-ethyl adjacent to an activating group) is 1. The fraction of sp³-hybridized carbons (Fsp3) is 0.571. The lowest BCUT2D eigenvalue weighted by Gasteiger charge is -2.43. The Morgan fingerprint density at radius 2 is 2.21 bits per heavy atom. The lowest BCUT2D eigenvalue weighted by Crippen LogP contribution is -2.65. The summed E-state index contributed by atoms with van der Waals surface area (Å²) >= 11 is 0. The van der Waals surface area contributed by atoms with Crippen LogP contribution < -0.4 is 5.32 Å². The van der Waals surface area contributed by atoms with E-state index in [0.29, 0.717) is 0 Å². The zero-order valence-electron chi connectivity index (χ0n) is 11.6. The van der Waals surface area contributed by atoms with E-state index < -0.39 is 0 Å². The quantitative estimate of drug-likeness (QED) is 0.894. The van der Waals surface area contributed by atoms with Gasteiger partial charge in [0.1, 0.15) is 0 Å². The second kappa shape index (κ2) is 6.87. The second-order valence-electron chi connectivity index (χ2n) is 5.13. The number of hydrogen-bond donors (Lipinski definition) is 1. The minimum atomic E-state index is -0.307. The summed E-state index contributed by atoms with van der Waals surface area (Å²) in [5.74, 6) is 0.203. The molecule has 0 aliphatic carbocycles. The van der Waals surface area contributed by atoms with Gasteiger partial charge in [0.05, 0.1) is 5.54 Å². The summed E-state index contributed by atoms with van der Waals surface area (Å²) in [5, 5.41) is 3.31. The van der Waals surface area contributed by atoms with Crippen molar-refractivity contribution in [3.63, 3.8) is 0 Å². The van der Waals surface area contributed by atoms with Crippen molar-refractivity contribution in [1.82, 2.24) is 15.2 Å². The third kappa shape index (κ3) is 3.67. The number of nitrogens with zero attached hydrogens (tertiary/aromatic N) is 2. The van der Waals surface area contributed by atoms with E-state index in [2.05, 4.69) is 10.3 Å². The molecule has 1 saturated heterocycles. The van der Waals surface area contributed by atoms with Gasteiger partial charge in [-0.15, -0.1) is 12.4 Å². The molecule has 1 fully saturated rings. The number of halogens is 1. The van der Waals surface area contributed by atoms with Gasteiger partial charge >= 0.3 is 0 Å². The van der Waals surface area contributed by atoms with Crippen molar-refractivity contribution < 1.29 is 4.79 Å². The Bertz CT molecular complexity index is 404. The Hall–Kier alpha value is -1.13. The summed E-state index contributed by atoms with van der Waals surface area (Å²) < 4.78 is 0. The van der Waals surface area contributed by atoms with Crippen LogP contribution in [0.2, 0.25) is 0 Å². The van der Waals surface area contributed by atoms with E-state index >= 15 is 0 Å². The van der Waals surface area contributed by atoms with E-state index in [0.717, 1.165) is 37.9 Å². The highest BCUT2D eigenvalue weighted by molar-refractivity contribution is 5.87. The average molecular weight is 284 g/mol. The fourth-order valence-electron chi connectivity index (χ4n) is 2.47. The van der Waals surface area contributed by atoms with Gasteiger partial charge in [-0.05, 0) is 44.4 Å². The molecule has 1 unspecified atom stereocenters. The van der Waals surface area contributed by atoms with Crippen molar-refractivity contribution in [3.05, 3.63) is 30.1 Å². The van der Waals surface area contributed by atoms with Gasteiger partial charge < -0.3 is 10.2 Å². The van der Waals surface area contributed by atoms with Crippen molar-refractivity contribution in [2.75, 3.05) is 20.6 Å². The van der Waals surface area contributed by atoms with Crippen LogP contribution in [0.4, 0.5) is 0 Å². The number of hydrogen-bond acceptors (Lipinski definition) is 3. The van der Waals surface area contributed by atoms with Crippen molar-refractivity contribution in [1.29, 1.82) is 0 Å². The van der Waals surface area contributed by atoms with Crippen LogP contribution in [-0.4, -0.2) is 42.0 Å². The Morgan fingerprint density at radius 1 is 1.47 bits per heavy atom. The van der Waals surface area contributed by atoms with Crippen LogP contribution in [0, 0.1) is 0 Å². The molecule has 1 aromatic heterocycles. The molecule has 0 bridgehead atoms. The van der Waals surface area contributed by atoms with E-state index in [1.54, 1.807) is 4.90 Å². The van der Waals surface area contributed by atoms with E-state index in [1.807, 2.05) is 38.5 Å². The van der Waals surface area contributed by atoms with Crippen LogP contribution in [0.15, 0.2) is 24.4 Å². The van der Waals surface area contributed by atoms with Gasteiger partial charge in [0.25, 0.3) is 0 Å². The van der Waals surface area contributed by atoms with Gasteiger partial charge in [0.15, 0.2) is 0 Å². The molecule has 0 radical (unpaired) electrons. The first-order chi connectivity index (χ1) is 8.64. The molecule has 1 N–H and O–H groups in total.